The topological polar surface area (TPSA) is 39.1 Å². The minimum atomic E-state index is -0.123. The third-order valence-corrected chi connectivity index (χ3v) is 2.78. The monoisotopic (exact) mass is 255 g/mol. The van der Waals surface area contributed by atoms with E-state index in [9.17, 15) is 9.59 Å². The van der Waals surface area contributed by atoms with Gasteiger partial charge < -0.3 is 4.57 Å². The standard InChI is InChI=1S/C10H10BrNO2/c11-8-3-4-10(14)12(5-8)6-9(13)7-1-2-7/h3-5,7H,1-2,6H2. The number of carbonyl (C=O) groups excluding carboxylic acids is 1. The van der Waals surface area contributed by atoms with Gasteiger partial charge in [0.2, 0.25) is 0 Å². The van der Waals surface area contributed by atoms with Gasteiger partial charge in [-0.15, -0.1) is 0 Å². The van der Waals surface area contributed by atoms with Gasteiger partial charge in [-0.2, -0.15) is 0 Å². The Labute approximate surface area is 89.9 Å². The smallest absolute Gasteiger partial charge is 0.250 e. The summed E-state index contributed by atoms with van der Waals surface area (Å²) in [7, 11) is 0. The van der Waals surface area contributed by atoms with E-state index >= 15 is 0 Å². The summed E-state index contributed by atoms with van der Waals surface area (Å²) in [6, 6.07) is 3.14. The average Bonchev–Trinajstić information content (AvgIpc) is 2.94. The first kappa shape index (κ1) is 9.65. The molecule has 1 aromatic heterocycles. The van der Waals surface area contributed by atoms with Gasteiger partial charge in [-0.05, 0) is 34.8 Å². The highest BCUT2D eigenvalue weighted by molar-refractivity contribution is 9.10. The molecule has 2 rings (SSSR count). The Balaban J connectivity index is 2.18. The van der Waals surface area contributed by atoms with Gasteiger partial charge in [0.05, 0.1) is 6.54 Å². The van der Waals surface area contributed by atoms with Crippen LogP contribution >= 0.6 is 15.9 Å². The van der Waals surface area contributed by atoms with Crippen molar-refractivity contribution in [1.29, 1.82) is 0 Å². The molecule has 0 amide bonds. The highest BCUT2D eigenvalue weighted by Gasteiger charge is 2.29. The number of hydrogen-bond donors (Lipinski definition) is 0. The van der Waals surface area contributed by atoms with Crippen molar-refractivity contribution < 1.29 is 4.79 Å². The lowest BCUT2D eigenvalue weighted by molar-refractivity contribution is -0.120. The molecule has 0 aromatic carbocycles. The van der Waals surface area contributed by atoms with E-state index < -0.39 is 0 Å². The van der Waals surface area contributed by atoms with E-state index in [1.165, 1.54) is 10.6 Å². The summed E-state index contributed by atoms with van der Waals surface area (Å²) in [5.41, 5.74) is -0.123. The molecule has 1 aliphatic carbocycles. The maximum atomic E-state index is 11.5. The van der Waals surface area contributed by atoms with E-state index in [1.807, 2.05) is 0 Å². The first-order valence-electron chi connectivity index (χ1n) is 4.55. The predicted octanol–water partition coefficient (Wildman–Crippen LogP) is 1.59. The zero-order valence-electron chi connectivity index (χ0n) is 7.57. The second-order valence-electron chi connectivity index (χ2n) is 3.55. The lowest BCUT2D eigenvalue weighted by Gasteiger charge is -2.03. The van der Waals surface area contributed by atoms with Gasteiger partial charge in [0.15, 0.2) is 5.78 Å². The summed E-state index contributed by atoms with van der Waals surface area (Å²) in [6.45, 7) is 0.211. The molecule has 1 fully saturated rings. The Kier molecular flexibility index (Phi) is 2.54. The Bertz CT molecular complexity index is 420. The summed E-state index contributed by atoms with van der Waals surface area (Å²) >= 11 is 3.27. The molecule has 0 atom stereocenters. The maximum Gasteiger partial charge on any atom is 0.250 e. The number of nitrogens with zero attached hydrogens (tertiary/aromatic N) is 1. The SMILES string of the molecule is O=C(Cn1cc(Br)ccc1=O)C1CC1. The van der Waals surface area contributed by atoms with Crippen LogP contribution < -0.4 is 5.56 Å². The van der Waals surface area contributed by atoms with E-state index in [-0.39, 0.29) is 23.8 Å². The minimum absolute atomic E-state index is 0.123. The van der Waals surface area contributed by atoms with Gasteiger partial charge in [0.25, 0.3) is 5.56 Å². The van der Waals surface area contributed by atoms with E-state index in [0.717, 1.165) is 17.3 Å². The van der Waals surface area contributed by atoms with Crippen LogP contribution in [0.4, 0.5) is 0 Å². The van der Waals surface area contributed by atoms with Crippen molar-refractivity contribution in [2.75, 3.05) is 0 Å². The molecule has 1 saturated carbocycles. The summed E-state index contributed by atoms with van der Waals surface area (Å²) in [5, 5.41) is 0. The predicted molar refractivity (Wildman–Crippen MR) is 56.1 cm³/mol. The lowest BCUT2D eigenvalue weighted by atomic mass is 10.2. The summed E-state index contributed by atoms with van der Waals surface area (Å²) < 4.78 is 2.27. The third-order valence-electron chi connectivity index (χ3n) is 2.31. The Morgan fingerprint density at radius 1 is 1.50 bits per heavy atom. The number of Topliss-reactive ketones (excluding diaryl/α,β-unsaturated/α-hetero) is 1. The lowest BCUT2D eigenvalue weighted by Crippen LogP contribution is -2.23. The minimum Gasteiger partial charge on any atom is -0.307 e. The fraction of sp³-hybridized carbons (Fsp3) is 0.400. The summed E-state index contributed by atoms with van der Waals surface area (Å²) in [6.07, 6.45) is 3.63. The Morgan fingerprint density at radius 3 is 2.86 bits per heavy atom. The molecule has 0 spiro atoms. The highest BCUT2D eigenvalue weighted by atomic mass is 79.9. The van der Waals surface area contributed by atoms with Crippen LogP contribution in [0.15, 0.2) is 27.6 Å². The number of ketones is 1. The quantitative estimate of drug-likeness (QED) is 0.823. The van der Waals surface area contributed by atoms with Crippen LogP contribution in [0, 0.1) is 5.92 Å². The van der Waals surface area contributed by atoms with Crippen LogP contribution in [-0.2, 0) is 11.3 Å². The molecule has 14 heavy (non-hydrogen) atoms. The van der Waals surface area contributed by atoms with Gasteiger partial charge in [-0.1, -0.05) is 0 Å². The first-order valence-corrected chi connectivity index (χ1v) is 5.35. The van der Waals surface area contributed by atoms with Crippen molar-refractivity contribution in [3.8, 4) is 0 Å². The second kappa shape index (κ2) is 3.69. The normalized spacial score (nSPS) is 15.5. The molecular weight excluding hydrogens is 246 g/mol. The number of rotatable bonds is 3. The van der Waals surface area contributed by atoms with E-state index in [2.05, 4.69) is 15.9 Å². The van der Waals surface area contributed by atoms with Crippen LogP contribution in [0.25, 0.3) is 0 Å². The molecule has 1 aliphatic rings. The molecule has 74 valence electrons. The average molecular weight is 256 g/mol. The molecule has 0 unspecified atom stereocenters. The zero-order valence-corrected chi connectivity index (χ0v) is 9.16. The van der Waals surface area contributed by atoms with Gasteiger partial charge in [0.1, 0.15) is 0 Å². The van der Waals surface area contributed by atoms with E-state index in [4.69, 9.17) is 0 Å². The molecule has 1 heterocycles. The molecule has 0 N–H and O–H groups in total. The zero-order chi connectivity index (χ0) is 10.1. The molecule has 0 aliphatic heterocycles. The summed E-state index contributed by atoms with van der Waals surface area (Å²) in [4.78, 5) is 22.8. The number of hydrogen-bond acceptors (Lipinski definition) is 2. The maximum absolute atomic E-state index is 11.5. The van der Waals surface area contributed by atoms with Crippen LogP contribution in [0.3, 0.4) is 0 Å². The van der Waals surface area contributed by atoms with Crippen molar-refractivity contribution in [1.82, 2.24) is 4.57 Å². The number of halogens is 1. The second-order valence-corrected chi connectivity index (χ2v) is 4.47. The van der Waals surface area contributed by atoms with E-state index in [1.54, 1.807) is 12.3 Å². The molecule has 0 radical (unpaired) electrons. The van der Waals surface area contributed by atoms with Crippen molar-refractivity contribution in [2.45, 2.75) is 19.4 Å². The van der Waals surface area contributed by atoms with Gasteiger partial charge >= 0.3 is 0 Å². The molecule has 3 nitrogen and oxygen atoms in total. The number of carbonyl (C=O) groups is 1. The van der Waals surface area contributed by atoms with Crippen LogP contribution in [-0.4, -0.2) is 10.4 Å². The van der Waals surface area contributed by atoms with Crippen molar-refractivity contribution in [2.24, 2.45) is 5.92 Å². The first-order chi connectivity index (χ1) is 6.66. The van der Waals surface area contributed by atoms with Gasteiger partial charge in [-0.25, -0.2) is 0 Å². The molecule has 0 saturated heterocycles. The van der Waals surface area contributed by atoms with Gasteiger partial charge in [-0.3, -0.25) is 9.59 Å². The highest BCUT2D eigenvalue weighted by Crippen LogP contribution is 2.30. The summed E-state index contributed by atoms with van der Waals surface area (Å²) in [5.74, 6) is 0.381. The fourth-order valence-corrected chi connectivity index (χ4v) is 1.71. The largest absolute Gasteiger partial charge is 0.307 e. The van der Waals surface area contributed by atoms with Crippen molar-refractivity contribution in [3.63, 3.8) is 0 Å². The number of pyridine rings is 1. The molecular formula is C10H10BrNO2. The van der Waals surface area contributed by atoms with Crippen molar-refractivity contribution in [3.05, 3.63) is 33.2 Å². The van der Waals surface area contributed by atoms with Crippen LogP contribution in [0.5, 0.6) is 0 Å². The molecule has 0 bridgehead atoms. The Hall–Kier alpha value is -0.900. The third kappa shape index (κ3) is 2.12. The molecule has 4 heteroatoms. The van der Waals surface area contributed by atoms with E-state index in [0.29, 0.717) is 0 Å². The number of aromatic nitrogens is 1. The van der Waals surface area contributed by atoms with Crippen LogP contribution in [0.2, 0.25) is 0 Å². The van der Waals surface area contributed by atoms with Crippen molar-refractivity contribution >= 4 is 21.7 Å². The molecule has 1 aromatic rings. The van der Waals surface area contributed by atoms with Gasteiger partial charge in [0, 0.05) is 22.7 Å². The fourth-order valence-electron chi connectivity index (χ4n) is 1.33. The Morgan fingerprint density at radius 2 is 2.21 bits per heavy atom. The van der Waals surface area contributed by atoms with Crippen LogP contribution in [0.1, 0.15) is 12.8 Å².